The first-order valence-electron chi connectivity index (χ1n) is 4.88. The Kier molecular flexibility index (Phi) is 3.84. The van der Waals surface area contributed by atoms with Crippen LogP contribution in [-0.2, 0) is 14.3 Å². The van der Waals surface area contributed by atoms with Crippen molar-refractivity contribution >= 4 is 12.0 Å². The largest absolute Gasteiger partial charge is 0.469 e. The van der Waals surface area contributed by atoms with Gasteiger partial charge in [0, 0.05) is 0 Å². The number of ether oxygens (including phenoxy) is 1. The maximum Gasteiger partial charge on any atom is 0.308 e. The molecule has 1 fully saturated rings. The van der Waals surface area contributed by atoms with Gasteiger partial charge in [-0.25, -0.2) is 4.79 Å². The molecule has 14 heavy (non-hydrogen) atoms. The Morgan fingerprint density at radius 1 is 1.43 bits per heavy atom. The van der Waals surface area contributed by atoms with E-state index in [-0.39, 0.29) is 12.4 Å². The third kappa shape index (κ3) is 2.67. The van der Waals surface area contributed by atoms with Gasteiger partial charge in [0.2, 0.25) is 6.08 Å². The normalized spacial score (nSPS) is 19.5. The molecule has 0 atom stereocenters. The average Bonchev–Trinajstić information content (AvgIpc) is 2.19. The summed E-state index contributed by atoms with van der Waals surface area (Å²) in [6.07, 6.45) is 6.54. The molecule has 0 aromatic rings. The fraction of sp³-hybridized carbons (Fsp3) is 0.800. The number of hydrogen-bond donors (Lipinski definition) is 0. The van der Waals surface area contributed by atoms with E-state index in [0.717, 1.165) is 32.1 Å². The molecule has 1 aliphatic carbocycles. The highest BCUT2D eigenvalue weighted by molar-refractivity contribution is 5.71. The summed E-state index contributed by atoms with van der Waals surface area (Å²) in [5.41, 5.74) is -0.521. The van der Waals surface area contributed by atoms with Crippen LogP contribution in [0.1, 0.15) is 38.5 Å². The zero-order valence-corrected chi connectivity index (χ0v) is 8.41. The number of carbonyl (C=O) groups is 1. The van der Waals surface area contributed by atoms with Gasteiger partial charge < -0.3 is 4.74 Å². The fourth-order valence-corrected chi connectivity index (χ4v) is 1.98. The maximum absolute atomic E-state index is 11.1. The number of rotatable bonds is 3. The van der Waals surface area contributed by atoms with E-state index in [1.165, 1.54) is 7.11 Å². The van der Waals surface area contributed by atoms with E-state index in [1.54, 1.807) is 6.08 Å². The molecule has 0 amide bonds. The number of hydrogen-bond acceptors (Lipinski definition) is 4. The molecule has 0 bridgehead atoms. The van der Waals surface area contributed by atoms with Crippen LogP contribution >= 0.6 is 0 Å². The van der Waals surface area contributed by atoms with E-state index < -0.39 is 5.54 Å². The van der Waals surface area contributed by atoms with E-state index in [0.29, 0.717) is 0 Å². The summed E-state index contributed by atoms with van der Waals surface area (Å²) in [5, 5.41) is 0. The average molecular weight is 197 g/mol. The lowest BCUT2D eigenvalue weighted by Gasteiger charge is -2.30. The predicted molar refractivity (Wildman–Crippen MR) is 50.6 cm³/mol. The van der Waals surface area contributed by atoms with Crippen molar-refractivity contribution < 1.29 is 14.3 Å². The molecule has 0 unspecified atom stereocenters. The van der Waals surface area contributed by atoms with Crippen LogP contribution in [0.2, 0.25) is 0 Å². The van der Waals surface area contributed by atoms with Crippen molar-refractivity contribution in [2.24, 2.45) is 4.99 Å². The van der Waals surface area contributed by atoms with Crippen LogP contribution in [0.15, 0.2) is 4.99 Å². The third-order valence-electron chi connectivity index (χ3n) is 2.77. The molecule has 1 rings (SSSR count). The number of aliphatic imine (C=N–C) groups is 1. The number of isocyanates is 1. The Hall–Kier alpha value is -1.15. The van der Waals surface area contributed by atoms with Gasteiger partial charge >= 0.3 is 5.97 Å². The predicted octanol–water partition coefficient (Wildman–Crippen LogP) is 1.59. The summed E-state index contributed by atoms with van der Waals surface area (Å²) in [7, 11) is 1.35. The van der Waals surface area contributed by atoms with Crippen LogP contribution in [0.3, 0.4) is 0 Å². The Bertz CT molecular complexity index is 250. The van der Waals surface area contributed by atoms with Crippen molar-refractivity contribution in [1.82, 2.24) is 0 Å². The van der Waals surface area contributed by atoms with E-state index in [2.05, 4.69) is 9.73 Å². The molecule has 0 spiro atoms. The van der Waals surface area contributed by atoms with Crippen molar-refractivity contribution in [3.05, 3.63) is 0 Å². The summed E-state index contributed by atoms with van der Waals surface area (Å²) in [6, 6.07) is 0. The Labute approximate surface area is 83.3 Å². The summed E-state index contributed by atoms with van der Waals surface area (Å²) in [6.45, 7) is 0. The van der Waals surface area contributed by atoms with Crippen LogP contribution < -0.4 is 0 Å². The van der Waals surface area contributed by atoms with Crippen molar-refractivity contribution in [1.29, 1.82) is 0 Å². The summed E-state index contributed by atoms with van der Waals surface area (Å²) < 4.78 is 4.60. The molecule has 0 N–H and O–H groups in total. The molecule has 0 aromatic heterocycles. The molecule has 78 valence electrons. The second-order valence-corrected chi connectivity index (χ2v) is 3.74. The smallest absolute Gasteiger partial charge is 0.308 e. The van der Waals surface area contributed by atoms with Crippen molar-refractivity contribution in [3.63, 3.8) is 0 Å². The standard InChI is InChI=1S/C10H15NO3/c1-14-9(13)7-10(11-8-12)5-3-2-4-6-10/h2-7H2,1H3. The van der Waals surface area contributed by atoms with Gasteiger partial charge in [-0.2, -0.15) is 4.99 Å². The Balaban J connectivity index is 2.69. The molecule has 0 saturated heterocycles. The highest BCUT2D eigenvalue weighted by atomic mass is 16.5. The molecule has 0 aliphatic heterocycles. The van der Waals surface area contributed by atoms with Crippen molar-refractivity contribution in [3.8, 4) is 0 Å². The van der Waals surface area contributed by atoms with Crippen molar-refractivity contribution in [2.45, 2.75) is 44.1 Å². The molecular weight excluding hydrogens is 182 g/mol. The quantitative estimate of drug-likeness (QED) is 0.392. The van der Waals surface area contributed by atoms with E-state index >= 15 is 0 Å². The highest BCUT2D eigenvalue weighted by Crippen LogP contribution is 2.34. The van der Waals surface area contributed by atoms with Gasteiger partial charge in [-0.1, -0.05) is 19.3 Å². The lowest BCUT2D eigenvalue weighted by Crippen LogP contribution is -2.32. The zero-order valence-electron chi connectivity index (χ0n) is 8.41. The fourth-order valence-electron chi connectivity index (χ4n) is 1.98. The van der Waals surface area contributed by atoms with Gasteiger partial charge in [0.1, 0.15) is 0 Å². The lowest BCUT2D eigenvalue weighted by atomic mass is 9.80. The topological polar surface area (TPSA) is 55.7 Å². The number of methoxy groups -OCH3 is 1. The molecule has 0 heterocycles. The first kappa shape index (κ1) is 10.9. The van der Waals surface area contributed by atoms with Crippen LogP contribution in [0, 0.1) is 0 Å². The first-order chi connectivity index (χ1) is 6.72. The van der Waals surface area contributed by atoms with E-state index in [9.17, 15) is 9.59 Å². The third-order valence-corrected chi connectivity index (χ3v) is 2.77. The monoisotopic (exact) mass is 197 g/mol. The second-order valence-electron chi connectivity index (χ2n) is 3.74. The van der Waals surface area contributed by atoms with Gasteiger partial charge in [0.15, 0.2) is 0 Å². The number of nitrogens with zero attached hydrogens (tertiary/aromatic N) is 1. The molecule has 0 radical (unpaired) electrons. The molecular formula is C10H15NO3. The highest BCUT2D eigenvalue weighted by Gasteiger charge is 2.34. The van der Waals surface area contributed by atoms with Gasteiger partial charge in [-0.05, 0) is 12.8 Å². The van der Waals surface area contributed by atoms with Crippen LogP contribution in [0.5, 0.6) is 0 Å². The van der Waals surface area contributed by atoms with Crippen LogP contribution in [-0.4, -0.2) is 24.7 Å². The van der Waals surface area contributed by atoms with Gasteiger partial charge in [-0.15, -0.1) is 0 Å². The minimum Gasteiger partial charge on any atom is -0.469 e. The van der Waals surface area contributed by atoms with E-state index in [4.69, 9.17) is 0 Å². The molecule has 4 heteroatoms. The van der Waals surface area contributed by atoms with Crippen molar-refractivity contribution in [2.75, 3.05) is 7.11 Å². The van der Waals surface area contributed by atoms with Crippen LogP contribution in [0.25, 0.3) is 0 Å². The van der Waals surface area contributed by atoms with Gasteiger partial charge in [0.05, 0.1) is 19.1 Å². The summed E-state index contributed by atoms with van der Waals surface area (Å²) in [5.74, 6) is -0.300. The SMILES string of the molecule is COC(=O)CC1(N=C=O)CCCCC1. The molecule has 1 aliphatic rings. The van der Waals surface area contributed by atoms with Crippen LogP contribution in [0.4, 0.5) is 0 Å². The lowest BCUT2D eigenvalue weighted by molar-refractivity contribution is -0.142. The first-order valence-corrected chi connectivity index (χ1v) is 4.88. The molecule has 1 saturated carbocycles. The summed E-state index contributed by atoms with van der Waals surface area (Å²) in [4.78, 5) is 25.2. The molecule has 4 nitrogen and oxygen atoms in total. The minimum absolute atomic E-state index is 0.207. The van der Waals surface area contributed by atoms with Gasteiger partial charge in [0.25, 0.3) is 0 Å². The summed E-state index contributed by atoms with van der Waals surface area (Å²) >= 11 is 0. The Morgan fingerprint density at radius 2 is 2.07 bits per heavy atom. The minimum atomic E-state index is -0.521. The van der Waals surface area contributed by atoms with Gasteiger partial charge in [-0.3, -0.25) is 4.79 Å². The Morgan fingerprint density at radius 3 is 2.57 bits per heavy atom. The van der Waals surface area contributed by atoms with E-state index in [1.807, 2.05) is 0 Å². The molecule has 0 aromatic carbocycles. The number of carbonyl (C=O) groups excluding carboxylic acids is 2. The zero-order chi connectivity index (χ0) is 10.4. The number of esters is 1. The second kappa shape index (κ2) is 4.91. The maximum atomic E-state index is 11.1.